The lowest BCUT2D eigenvalue weighted by atomic mass is 10.1. The number of hydrogen-bond acceptors (Lipinski definition) is 4. The van der Waals surface area contributed by atoms with E-state index in [1.54, 1.807) is 12.1 Å². The summed E-state index contributed by atoms with van der Waals surface area (Å²) in [5, 5.41) is 7.58. The molecule has 17 heavy (non-hydrogen) atoms. The van der Waals surface area contributed by atoms with Gasteiger partial charge in [0.1, 0.15) is 11.6 Å². The quantitative estimate of drug-likeness (QED) is 0.923. The molecule has 0 aliphatic carbocycles. The lowest BCUT2D eigenvalue weighted by molar-refractivity contribution is 0.455. The van der Waals surface area contributed by atoms with E-state index >= 15 is 0 Å². The highest BCUT2D eigenvalue weighted by Gasteiger charge is 2.05. The summed E-state index contributed by atoms with van der Waals surface area (Å²) < 4.78 is 6.69. The van der Waals surface area contributed by atoms with E-state index in [1.807, 2.05) is 26.0 Å². The Hall–Kier alpha value is -1.62. The van der Waals surface area contributed by atoms with E-state index in [1.165, 1.54) is 0 Å². The lowest BCUT2D eigenvalue weighted by Crippen LogP contribution is -1.95. The molecule has 2 aromatic rings. The summed E-state index contributed by atoms with van der Waals surface area (Å²) in [6.45, 7) is 4.03. The summed E-state index contributed by atoms with van der Waals surface area (Å²) >= 11 is 3.51. The highest BCUT2D eigenvalue weighted by Crippen LogP contribution is 2.28. The van der Waals surface area contributed by atoms with Gasteiger partial charge < -0.3 is 10.5 Å². The normalized spacial score (nSPS) is 10.3. The summed E-state index contributed by atoms with van der Waals surface area (Å²) in [7, 11) is 0. The van der Waals surface area contributed by atoms with Gasteiger partial charge in [0, 0.05) is 10.5 Å². The molecule has 2 rings (SSSR count). The van der Waals surface area contributed by atoms with Crippen LogP contribution in [0.1, 0.15) is 11.1 Å². The zero-order valence-corrected chi connectivity index (χ0v) is 11.2. The van der Waals surface area contributed by atoms with Crippen LogP contribution in [-0.4, -0.2) is 10.2 Å². The number of aryl methyl sites for hydroxylation is 2. The van der Waals surface area contributed by atoms with Gasteiger partial charge in [-0.05, 0) is 43.2 Å². The summed E-state index contributed by atoms with van der Waals surface area (Å²) in [6, 6.07) is 7.22. The topological polar surface area (TPSA) is 61.0 Å². The zero-order valence-electron chi connectivity index (χ0n) is 9.57. The van der Waals surface area contributed by atoms with Crippen molar-refractivity contribution in [3.63, 3.8) is 0 Å². The summed E-state index contributed by atoms with van der Waals surface area (Å²) in [5.41, 5.74) is 7.68. The molecular formula is C12H12BrN3O. The maximum atomic E-state index is 5.60. The Kier molecular flexibility index (Phi) is 3.28. The van der Waals surface area contributed by atoms with Crippen molar-refractivity contribution in [1.29, 1.82) is 0 Å². The largest absolute Gasteiger partial charge is 0.438 e. The van der Waals surface area contributed by atoms with Gasteiger partial charge in [-0.15, -0.1) is 10.2 Å². The van der Waals surface area contributed by atoms with Crippen LogP contribution in [0, 0.1) is 13.8 Å². The van der Waals surface area contributed by atoms with Crippen LogP contribution in [0.4, 0.5) is 5.82 Å². The fraction of sp³-hybridized carbons (Fsp3) is 0.167. The highest BCUT2D eigenvalue weighted by molar-refractivity contribution is 9.10. The van der Waals surface area contributed by atoms with Crippen LogP contribution in [-0.2, 0) is 0 Å². The summed E-state index contributed by atoms with van der Waals surface area (Å²) in [6.07, 6.45) is 0. The molecule has 1 aromatic carbocycles. The standard InChI is InChI=1S/C12H12BrN3O/c1-7-5-9(6-8(2)12(7)13)17-11-4-3-10(14)15-16-11/h3-6H,1-2H3,(H2,14,15). The first-order chi connectivity index (χ1) is 8.06. The van der Waals surface area contributed by atoms with Gasteiger partial charge in [-0.1, -0.05) is 15.9 Å². The third-order valence-electron chi connectivity index (χ3n) is 2.29. The summed E-state index contributed by atoms with van der Waals surface area (Å²) in [4.78, 5) is 0. The molecular weight excluding hydrogens is 282 g/mol. The van der Waals surface area contributed by atoms with Crippen molar-refractivity contribution in [3.8, 4) is 11.6 Å². The highest BCUT2D eigenvalue weighted by atomic mass is 79.9. The lowest BCUT2D eigenvalue weighted by Gasteiger charge is -2.08. The van der Waals surface area contributed by atoms with Crippen molar-refractivity contribution in [2.75, 3.05) is 5.73 Å². The maximum Gasteiger partial charge on any atom is 0.238 e. The van der Waals surface area contributed by atoms with Gasteiger partial charge in [0.2, 0.25) is 5.88 Å². The predicted octanol–water partition coefficient (Wildman–Crippen LogP) is 3.23. The van der Waals surface area contributed by atoms with Gasteiger partial charge in [0.05, 0.1) is 0 Å². The van der Waals surface area contributed by atoms with Crippen LogP contribution in [0.3, 0.4) is 0 Å². The molecule has 0 spiro atoms. The van der Waals surface area contributed by atoms with E-state index in [-0.39, 0.29) is 0 Å². The van der Waals surface area contributed by atoms with Crippen LogP contribution in [0.25, 0.3) is 0 Å². The third-order valence-corrected chi connectivity index (χ3v) is 3.54. The first kappa shape index (κ1) is 11.9. The number of nitrogens with two attached hydrogens (primary N) is 1. The molecule has 0 bridgehead atoms. The Labute approximate surface area is 108 Å². The average Bonchev–Trinajstić information content (AvgIpc) is 2.29. The molecule has 0 saturated heterocycles. The Balaban J connectivity index is 2.27. The Morgan fingerprint density at radius 2 is 1.76 bits per heavy atom. The summed E-state index contributed by atoms with van der Waals surface area (Å²) in [5.74, 6) is 1.54. The van der Waals surface area contributed by atoms with Gasteiger partial charge in [-0.25, -0.2) is 0 Å². The van der Waals surface area contributed by atoms with E-state index in [9.17, 15) is 0 Å². The minimum absolute atomic E-state index is 0.375. The second kappa shape index (κ2) is 4.71. The molecule has 0 unspecified atom stereocenters. The van der Waals surface area contributed by atoms with Crippen molar-refractivity contribution in [2.24, 2.45) is 0 Å². The van der Waals surface area contributed by atoms with E-state index in [0.717, 1.165) is 21.3 Å². The molecule has 88 valence electrons. The fourth-order valence-corrected chi connectivity index (χ4v) is 1.70. The van der Waals surface area contributed by atoms with E-state index in [4.69, 9.17) is 10.5 Å². The number of anilines is 1. The number of hydrogen-bond donors (Lipinski definition) is 1. The molecule has 0 aliphatic rings. The average molecular weight is 294 g/mol. The van der Waals surface area contributed by atoms with Crippen molar-refractivity contribution in [1.82, 2.24) is 10.2 Å². The second-order valence-electron chi connectivity index (χ2n) is 3.77. The number of halogens is 1. The van der Waals surface area contributed by atoms with Crippen LogP contribution in [0.5, 0.6) is 11.6 Å². The third kappa shape index (κ3) is 2.74. The first-order valence-electron chi connectivity index (χ1n) is 5.10. The fourth-order valence-electron chi connectivity index (χ4n) is 1.47. The minimum atomic E-state index is 0.375. The molecule has 0 aliphatic heterocycles. The number of rotatable bonds is 2. The van der Waals surface area contributed by atoms with Crippen molar-refractivity contribution < 1.29 is 4.74 Å². The molecule has 0 saturated carbocycles. The van der Waals surface area contributed by atoms with Gasteiger partial charge in [0.15, 0.2) is 0 Å². The van der Waals surface area contributed by atoms with E-state index < -0.39 is 0 Å². The second-order valence-corrected chi connectivity index (χ2v) is 4.56. The first-order valence-corrected chi connectivity index (χ1v) is 5.89. The zero-order chi connectivity index (χ0) is 12.4. The van der Waals surface area contributed by atoms with Crippen LogP contribution >= 0.6 is 15.9 Å². The van der Waals surface area contributed by atoms with Crippen LogP contribution in [0.15, 0.2) is 28.7 Å². The SMILES string of the molecule is Cc1cc(Oc2ccc(N)nn2)cc(C)c1Br. The number of nitrogens with zero attached hydrogens (tertiary/aromatic N) is 2. The van der Waals surface area contributed by atoms with Gasteiger partial charge in [-0.2, -0.15) is 0 Å². The maximum absolute atomic E-state index is 5.60. The molecule has 2 N–H and O–H groups in total. The number of nitrogen functional groups attached to an aromatic ring is 1. The van der Waals surface area contributed by atoms with Crippen LogP contribution < -0.4 is 10.5 Å². The van der Waals surface area contributed by atoms with Crippen molar-refractivity contribution in [2.45, 2.75) is 13.8 Å². The number of ether oxygens (including phenoxy) is 1. The Morgan fingerprint density at radius 1 is 1.12 bits per heavy atom. The van der Waals surface area contributed by atoms with E-state index in [2.05, 4.69) is 26.1 Å². The van der Waals surface area contributed by atoms with Crippen LogP contribution in [0.2, 0.25) is 0 Å². The molecule has 0 fully saturated rings. The number of benzene rings is 1. The van der Waals surface area contributed by atoms with Crippen molar-refractivity contribution >= 4 is 21.7 Å². The molecule has 0 atom stereocenters. The number of aromatic nitrogens is 2. The van der Waals surface area contributed by atoms with Gasteiger partial charge >= 0.3 is 0 Å². The molecule has 0 amide bonds. The van der Waals surface area contributed by atoms with Gasteiger partial charge in [-0.3, -0.25) is 0 Å². The molecule has 0 radical (unpaired) electrons. The smallest absolute Gasteiger partial charge is 0.238 e. The Morgan fingerprint density at radius 3 is 2.29 bits per heavy atom. The van der Waals surface area contributed by atoms with Crippen molar-refractivity contribution in [3.05, 3.63) is 39.9 Å². The molecule has 1 aromatic heterocycles. The minimum Gasteiger partial charge on any atom is -0.438 e. The molecule has 1 heterocycles. The van der Waals surface area contributed by atoms with Gasteiger partial charge in [0.25, 0.3) is 0 Å². The monoisotopic (exact) mass is 293 g/mol. The predicted molar refractivity (Wildman–Crippen MR) is 70.1 cm³/mol. The molecule has 5 heteroatoms. The Bertz CT molecular complexity index is 517. The molecule has 4 nitrogen and oxygen atoms in total. The van der Waals surface area contributed by atoms with E-state index in [0.29, 0.717) is 11.7 Å².